The topological polar surface area (TPSA) is 24.5 Å². The molecule has 0 saturated carbocycles. The van der Waals surface area contributed by atoms with Gasteiger partial charge in [0, 0.05) is 26.2 Å². The van der Waals surface area contributed by atoms with Crippen molar-refractivity contribution in [1.82, 2.24) is 10.2 Å². The number of hydrogen-bond acceptors (Lipinski definition) is 3. The zero-order valence-electron chi connectivity index (χ0n) is 10.9. The molecule has 0 aromatic carbocycles. The predicted octanol–water partition coefficient (Wildman–Crippen LogP) is 1.59. The molecular formula is C12H28N2O. The first-order valence-corrected chi connectivity index (χ1v) is 6.13. The minimum Gasteiger partial charge on any atom is -0.380 e. The smallest absolute Gasteiger partial charge is 0.0593 e. The van der Waals surface area contributed by atoms with Crippen molar-refractivity contribution in [2.24, 2.45) is 5.92 Å². The third-order valence-electron chi connectivity index (χ3n) is 2.19. The van der Waals surface area contributed by atoms with Gasteiger partial charge in [0.25, 0.3) is 0 Å². The maximum Gasteiger partial charge on any atom is 0.0593 e. The first kappa shape index (κ1) is 14.9. The molecule has 0 aromatic heterocycles. The van der Waals surface area contributed by atoms with Crippen molar-refractivity contribution >= 4 is 0 Å². The summed E-state index contributed by atoms with van der Waals surface area (Å²) in [4.78, 5) is 2.31. The quantitative estimate of drug-likeness (QED) is 0.561. The van der Waals surface area contributed by atoms with Crippen LogP contribution < -0.4 is 5.32 Å². The second kappa shape index (κ2) is 10.4. The van der Waals surface area contributed by atoms with Crippen LogP contribution in [0.4, 0.5) is 0 Å². The van der Waals surface area contributed by atoms with Crippen LogP contribution in [0, 0.1) is 5.92 Å². The summed E-state index contributed by atoms with van der Waals surface area (Å²) in [7, 11) is 2.15. The molecular weight excluding hydrogens is 188 g/mol. The Kier molecular flexibility index (Phi) is 10.3. The molecule has 0 radical (unpaired) electrons. The van der Waals surface area contributed by atoms with Crippen LogP contribution in [0.5, 0.6) is 0 Å². The molecule has 92 valence electrons. The van der Waals surface area contributed by atoms with Gasteiger partial charge < -0.3 is 15.0 Å². The average Bonchev–Trinajstić information content (AvgIpc) is 2.19. The molecule has 1 N–H and O–H groups in total. The summed E-state index contributed by atoms with van der Waals surface area (Å²) in [5, 5.41) is 3.43. The molecule has 0 amide bonds. The normalized spacial score (nSPS) is 11.6. The Hall–Kier alpha value is -0.120. The fraction of sp³-hybridized carbons (Fsp3) is 1.00. The average molecular weight is 216 g/mol. The van der Waals surface area contributed by atoms with E-state index in [0.29, 0.717) is 0 Å². The Morgan fingerprint density at radius 2 is 1.93 bits per heavy atom. The molecule has 0 fully saturated rings. The summed E-state index contributed by atoms with van der Waals surface area (Å²) in [6.45, 7) is 12.7. The Balaban J connectivity index is 3.15. The van der Waals surface area contributed by atoms with Crippen molar-refractivity contribution < 1.29 is 4.74 Å². The van der Waals surface area contributed by atoms with E-state index in [1.165, 1.54) is 0 Å². The molecule has 0 aliphatic carbocycles. The molecule has 0 heterocycles. The van der Waals surface area contributed by atoms with E-state index in [-0.39, 0.29) is 0 Å². The van der Waals surface area contributed by atoms with Gasteiger partial charge in [-0.3, -0.25) is 0 Å². The molecule has 0 bridgehead atoms. The van der Waals surface area contributed by atoms with E-state index < -0.39 is 0 Å². The Morgan fingerprint density at radius 3 is 2.53 bits per heavy atom. The van der Waals surface area contributed by atoms with E-state index in [1.54, 1.807) is 0 Å². The van der Waals surface area contributed by atoms with Gasteiger partial charge in [-0.25, -0.2) is 0 Å². The molecule has 3 heteroatoms. The largest absolute Gasteiger partial charge is 0.380 e. The van der Waals surface area contributed by atoms with E-state index in [4.69, 9.17) is 4.74 Å². The van der Waals surface area contributed by atoms with E-state index in [2.05, 4.69) is 38.0 Å². The van der Waals surface area contributed by atoms with E-state index in [0.717, 1.165) is 51.7 Å². The zero-order chi connectivity index (χ0) is 11.5. The van der Waals surface area contributed by atoms with Crippen LogP contribution in [0.2, 0.25) is 0 Å². The predicted molar refractivity (Wildman–Crippen MR) is 66.3 cm³/mol. The monoisotopic (exact) mass is 216 g/mol. The lowest BCUT2D eigenvalue weighted by Gasteiger charge is -2.17. The van der Waals surface area contributed by atoms with Gasteiger partial charge in [0.15, 0.2) is 0 Å². The highest BCUT2D eigenvalue weighted by molar-refractivity contribution is 4.56. The lowest BCUT2D eigenvalue weighted by Crippen LogP contribution is -2.33. The van der Waals surface area contributed by atoms with Crippen LogP contribution in [0.1, 0.15) is 27.2 Å². The molecule has 15 heavy (non-hydrogen) atoms. The van der Waals surface area contributed by atoms with Gasteiger partial charge in [-0.05, 0) is 25.9 Å². The minimum atomic E-state index is 0.739. The van der Waals surface area contributed by atoms with Crippen LogP contribution in [0.15, 0.2) is 0 Å². The molecule has 0 aromatic rings. The summed E-state index contributed by atoms with van der Waals surface area (Å²) in [5.74, 6) is 0.739. The highest BCUT2D eigenvalue weighted by Crippen LogP contribution is 1.87. The fourth-order valence-electron chi connectivity index (χ4n) is 1.24. The number of nitrogens with one attached hydrogen (secondary N) is 1. The lowest BCUT2D eigenvalue weighted by molar-refractivity contribution is 0.112. The van der Waals surface area contributed by atoms with Crippen molar-refractivity contribution in [2.45, 2.75) is 27.2 Å². The third-order valence-corrected chi connectivity index (χ3v) is 2.19. The third kappa shape index (κ3) is 11.8. The summed E-state index contributed by atoms with van der Waals surface area (Å²) in [6, 6.07) is 0. The first-order valence-electron chi connectivity index (χ1n) is 6.13. The number of likely N-dealkylation sites (N-methyl/N-ethyl adjacent to an activating group) is 1. The van der Waals surface area contributed by atoms with Crippen LogP contribution in [-0.4, -0.2) is 51.3 Å². The Bertz CT molecular complexity index is 129. The number of nitrogens with zero attached hydrogens (tertiary/aromatic N) is 1. The molecule has 0 aliphatic rings. The summed E-state index contributed by atoms with van der Waals surface area (Å²) < 4.78 is 5.44. The van der Waals surface area contributed by atoms with Crippen molar-refractivity contribution in [3.63, 3.8) is 0 Å². The van der Waals surface area contributed by atoms with Gasteiger partial charge in [-0.1, -0.05) is 20.8 Å². The van der Waals surface area contributed by atoms with Gasteiger partial charge in [0.1, 0.15) is 0 Å². The maximum atomic E-state index is 5.44. The summed E-state index contributed by atoms with van der Waals surface area (Å²) in [6.07, 6.45) is 1.11. The van der Waals surface area contributed by atoms with E-state index in [1.807, 2.05) is 0 Å². The van der Waals surface area contributed by atoms with Gasteiger partial charge in [0.05, 0.1) is 6.61 Å². The SMILES string of the molecule is CCCOCCN(C)CCNCC(C)C. The first-order chi connectivity index (χ1) is 7.16. The van der Waals surface area contributed by atoms with Crippen molar-refractivity contribution in [1.29, 1.82) is 0 Å². The molecule has 0 atom stereocenters. The van der Waals surface area contributed by atoms with Gasteiger partial charge in [0.2, 0.25) is 0 Å². The van der Waals surface area contributed by atoms with Crippen molar-refractivity contribution in [2.75, 3.05) is 46.4 Å². The Morgan fingerprint density at radius 1 is 1.20 bits per heavy atom. The molecule has 0 unspecified atom stereocenters. The van der Waals surface area contributed by atoms with Gasteiger partial charge in [-0.2, -0.15) is 0 Å². The van der Waals surface area contributed by atoms with Crippen molar-refractivity contribution in [3.05, 3.63) is 0 Å². The van der Waals surface area contributed by atoms with Gasteiger partial charge in [-0.15, -0.1) is 0 Å². The molecule has 0 aliphatic heterocycles. The minimum absolute atomic E-state index is 0.739. The zero-order valence-corrected chi connectivity index (χ0v) is 10.9. The van der Waals surface area contributed by atoms with Crippen molar-refractivity contribution in [3.8, 4) is 0 Å². The van der Waals surface area contributed by atoms with Crippen LogP contribution in [-0.2, 0) is 4.74 Å². The summed E-state index contributed by atoms with van der Waals surface area (Å²) in [5.41, 5.74) is 0. The van der Waals surface area contributed by atoms with E-state index in [9.17, 15) is 0 Å². The van der Waals surface area contributed by atoms with Gasteiger partial charge >= 0.3 is 0 Å². The second-order valence-electron chi connectivity index (χ2n) is 4.51. The van der Waals surface area contributed by atoms with E-state index >= 15 is 0 Å². The summed E-state index contributed by atoms with van der Waals surface area (Å²) >= 11 is 0. The molecule has 0 rings (SSSR count). The molecule has 3 nitrogen and oxygen atoms in total. The highest BCUT2D eigenvalue weighted by Gasteiger charge is 1.98. The number of ether oxygens (including phenoxy) is 1. The molecule has 0 saturated heterocycles. The standard InChI is InChI=1S/C12H28N2O/c1-5-9-15-10-8-14(4)7-6-13-11-12(2)3/h12-13H,5-11H2,1-4H3. The van der Waals surface area contributed by atoms with Crippen LogP contribution in [0.3, 0.4) is 0 Å². The number of rotatable bonds is 10. The second-order valence-corrected chi connectivity index (χ2v) is 4.51. The van der Waals surface area contributed by atoms with Crippen LogP contribution in [0.25, 0.3) is 0 Å². The maximum absolute atomic E-state index is 5.44. The number of hydrogen-bond donors (Lipinski definition) is 1. The lowest BCUT2D eigenvalue weighted by atomic mass is 10.2. The Labute approximate surface area is 95.2 Å². The van der Waals surface area contributed by atoms with Crippen LogP contribution >= 0.6 is 0 Å². The molecule has 0 spiro atoms. The highest BCUT2D eigenvalue weighted by atomic mass is 16.5. The fourth-order valence-corrected chi connectivity index (χ4v) is 1.24.